The molecule has 3 aromatic rings. The van der Waals surface area contributed by atoms with Crippen molar-refractivity contribution < 1.29 is 27.5 Å². The van der Waals surface area contributed by atoms with Gasteiger partial charge in [-0.2, -0.15) is 13.2 Å². The molecule has 0 saturated heterocycles. The molecule has 3 rings (SSSR count). The van der Waals surface area contributed by atoms with Gasteiger partial charge in [-0.05, 0) is 36.4 Å². The minimum atomic E-state index is -4.49. The summed E-state index contributed by atoms with van der Waals surface area (Å²) in [4.78, 5) is 12.5. The molecule has 5 nitrogen and oxygen atoms in total. The van der Waals surface area contributed by atoms with E-state index in [1.807, 2.05) is 5.38 Å². The summed E-state index contributed by atoms with van der Waals surface area (Å²) in [7, 11) is 0. The number of anilines is 1. The number of urea groups is 1. The number of furan rings is 1. The van der Waals surface area contributed by atoms with E-state index < -0.39 is 23.9 Å². The molecule has 0 fully saturated rings. The van der Waals surface area contributed by atoms with E-state index in [-0.39, 0.29) is 12.2 Å². The van der Waals surface area contributed by atoms with Crippen LogP contribution >= 0.6 is 11.3 Å². The Morgan fingerprint density at radius 3 is 2.74 bits per heavy atom. The zero-order valence-corrected chi connectivity index (χ0v) is 14.6. The third-order valence-corrected chi connectivity index (χ3v) is 4.69. The molecule has 1 atom stereocenters. The SMILES string of the molecule is O=C(NCC(O)c1cc(-c2ccco2)cs1)Nc1cccc(C(F)(F)F)c1. The highest BCUT2D eigenvalue weighted by Gasteiger charge is 2.30. The lowest BCUT2D eigenvalue weighted by Gasteiger charge is -2.12. The Morgan fingerprint density at radius 2 is 2.04 bits per heavy atom. The Kier molecular flexibility index (Phi) is 5.52. The van der Waals surface area contributed by atoms with Crippen LogP contribution in [-0.2, 0) is 6.18 Å². The van der Waals surface area contributed by atoms with Crippen molar-refractivity contribution in [1.29, 1.82) is 0 Å². The molecule has 0 spiro atoms. The largest absolute Gasteiger partial charge is 0.464 e. The van der Waals surface area contributed by atoms with Crippen LogP contribution < -0.4 is 10.6 Å². The van der Waals surface area contributed by atoms with Gasteiger partial charge in [0.15, 0.2) is 0 Å². The molecule has 3 N–H and O–H groups in total. The monoisotopic (exact) mass is 396 g/mol. The van der Waals surface area contributed by atoms with Gasteiger partial charge in [0.25, 0.3) is 0 Å². The molecule has 0 aliphatic rings. The number of carbonyl (C=O) groups is 1. The van der Waals surface area contributed by atoms with Gasteiger partial charge in [0.05, 0.1) is 18.4 Å². The second-order valence-electron chi connectivity index (χ2n) is 5.64. The van der Waals surface area contributed by atoms with Crippen LogP contribution in [0.4, 0.5) is 23.7 Å². The standard InChI is InChI=1S/C18H15F3N2O3S/c19-18(20,21)12-3-1-4-13(8-12)23-17(25)22-9-14(24)16-7-11(10-27-16)15-5-2-6-26-15/h1-8,10,14,24H,9H2,(H2,22,23,25). The van der Waals surface area contributed by atoms with E-state index in [4.69, 9.17) is 4.42 Å². The summed E-state index contributed by atoms with van der Waals surface area (Å²) in [5.74, 6) is 0.667. The maximum atomic E-state index is 12.7. The van der Waals surface area contributed by atoms with Gasteiger partial charge in [-0.3, -0.25) is 0 Å². The number of benzene rings is 1. The molecule has 0 bridgehead atoms. The molecule has 1 aromatic carbocycles. The van der Waals surface area contributed by atoms with E-state index in [0.29, 0.717) is 10.6 Å². The predicted molar refractivity (Wildman–Crippen MR) is 95.4 cm³/mol. The van der Waals surface area contributed by atoms with Crippen LogP contribution in [0.3, 0.4) is 0 Å². The van der Waals surface area contributed by atoms with Gasteiger partial charge >= 0.3 is 12.2 Å². The second-order valence-corrected chi connectivity index (χ2v) is 6.59. The zero-order chi connectivity index (χ0) is 19.4. The Hall–Kier alpha value is -2.78. The van der Waals surface area contributed by atoms with Gasteiger partial charge in [-0.25, -0.2) is 4.79 Å². The number of aliphatic hydroxyl groups excluding tert-OH is 1. The highest BCUT2D eigenvalue weighted by Crippen LogP contribution is 2.31. The average molecular weight is 396 g/mol. The minimum Gasteiger partial charge on any atom is -0.464 e. The molecule has 0 saturated carbocycles. The molecule has 2 aromatic heterocycles. The molecule has 0 radical (unpaired) electrons. The third-order valence-electron chi connectivity index (χ3n) is 3.66. The minimum absolute atomic E-state index is 0.00745. The first-order chi connectivity index (χ1) is 12.8. The van der Waals surface area contributed by atoms with Gasteiger partial charge < -0.3 is 20.2 Å². The summed E-state index contributed by atoms with van der Waals surface area (Å²) in [6, 6.07) is 8.89. The van der Waals surface area contributed by atoms with E-state index in [1.54, 1.807) is 24.5 Å². The van der Waals surface area contributed by atoms with E-state index in [2.05, 4.69) is 10.6 Å². The molecule has 0 aliphatic carbocycles. The first-order valence-corrected chi connectivity index (χ1v) is 8.73. The van der Waals surface area contributed by atoms with Crippen LogP contribution in [0.15, 0.2) is 58.5 Å². The lowest BCUT2D eigenvalue weighted by molar-refractivity contribution is -0.137. The van der Waals surface area contributed by atoms with Crippen molar-refractivity contribution in [3.05, 3.63) is 64.5 Å². The summed E-state index contributed by atoms with van der Waals surface area (Å²) >= 11 is 1.31. The number of thiophene rings is 1. The molecule has 142 valence electrons. The van der Waals surface area contributed by atoms with Crippen molar-refractivity contribution in [2.75, 3.05) is 11.9 Å². The highest BCUT2D eigenvalue weighted by molar-refractivity contribution is 7.10. The van der Waals surface area contributed by atoms with Crippen LogP contribution in [0.1, 0.15) is 16.5 Å². The quantitative estimate of drug-likeness (QED) is 0.575. The fourth-order valence-electron chi connectivity index (χ4n) is 2.34. The summed E-state index contributed by atoms with van der Waals surface area (Å²) in [5, 5.41) is 16.8. The molecule has 2 amide bonds. The van der Waals surface area contributed by atoms with Gasteiger partial charge in [0.2, 0.25) is 0 Å². The zero-order valence-electron chi connectivity index (χ0n) is 13.8. The maximum Gasteiger partial charge on any atom is 0.416 e. The van der Waals surface area contributed by atoms with Crippen LogP contribution in [0, 0.1) is 0 Å². The molecule has 2 heterocycles. The molecule has 1 unspecified atom stereocenters. The van der Waals surface area contributed by atoms with E-state index >= 15 is 0 Å². The number of alkyl halides is 3. The van der Waals surface area contributed by atoms with Gasteiger partial charge in [-0.15, -0.1) is 11.3 Å². The van der Waals surface area contributed by atoms with Crippen molar-refractivity contribution in [2.45, 2.75) is 12.3 Å². The average Bonchev–Trinajstić information content (AvgIpc) is 3.30. The number of aliphatic hydroxyl groups is 1. The van der Waals surface area contributed by atoms with E-state index in [0.717, 1.165) is 17.7 Å². The molecular formula is C18H15F3N2O3S. The lowest BCUT2D eigenvalue weighted by Crippen LogP contribution is -2.32. The summed E-state index contributed by atoms with van der Waals surface area (Å²) in [6.45, 7) is -0.0943. The van der Waals surface area contributed by atoms with Crippen LogP contribution in [-0.4, -0.2) is 17.7 Å². The van der Waals surface area contributed by atoms with Crippen LogP contribution in [0.5, 0.6) is 0 Å². The van der Waals surface area contributed by atoms with Gasteiger partial charge in [-0.1, -0.05) is 6.07 Å². The number of carbonyl (C=O) groups excluding carboxylic acids is 1. The lowest BCUT2D eigenvalue weighted by atomic mass is 10.2. The third kappa shape index (κ3) is 4.89. The Bertz CT molecular complexity index is 907. The topological polar surface area (TPSA) is 74.5 Å². The fourth-order valence-corrected chi connectivity index (χ4v) is 3.22. The number of halogens is 3. The van der Waals surface area contributed by atoms with E-state index in [1.165, 1.54) is 23.5 Å². The second kappa shape index (κ2) is 7.85. The molecular weight excluding hydrogens is 381 g/mol. The highest BCUT2D eigenvalue weighted by atomic mass is 32.1. The summed E-state index contributed by atoms with van der Waals surface area (Å²) in [6.07, 6.45) is -3.90. The normalized spacial score (nSPS) is 12.6. The Labute approximate surface area is 156 Å². The van der Waals surface area contributed by atoms with Crippen LogP contribution in [0.25, 0.3) is 11.3 Å². The maximum absolute atomic E-state index is 12.7. The number of nitrogens with one attached hydrogen (secondary N) is 2. The van der Waals surface area contributed by atoms with Gasteiger partial charge in [0.1, 0.15) is 11.9 Å². The molecule has 0 aliphatic heterocycles. The number of rotatable bonds is 5. The first kappa shape index (κ1) is 19.0. The predicted octanol–water partition coefficient (Wildman–Crippen LogP) is 4.88. The van der Waals surface area contributed by atoms with Gasteiger partial charge in [0, 0.05) is 21.5 Å². The van der Waals surface area contributed by atoms with Crippen molar-refractivity contribution in [1.82, 2.24) is 5.32 Å². The smallest absolute Gasteiger partial charge is 0.416 e. The number of hydrogen-bond acceptors (Lipinski definition) is 4. The Balaban J connectivity index is 1.55. The molecule has 27 heavy (non-hydrogen) atoms. The molecule has 9 heteroatoms. The number of amides is 2. The van der Waals surface area contributed by atoms with Crippen molar-refractivity contribution in [2.24, 2.45) is 0 Å². The summed E-state index contributed by atoms with van der Waals surface area (Å²) < 4.78 is 43.3. The fraction of sp³-hybridized carbons (Fsp3) is 0.167. The first-order valence-electron chi connectivity index (χ1n) is 7.85. The Morgan fingerprint density at radius 1 is 1.22 bits per heavy atom. The number of hydrogen-bond donors (Lipinski definition) is 3. The van der Waals surface area contributed by atoms with Crippen LogP contribution in [0.2, 0.25) is 0 Å². The van der Waals surface area contributed by atoms with Crippen molar-refractivity contribution >= 4 is 23.1 Å². The van der Waals surface area contributed by atoms with E-state index in [9.17, 15) is 23.1 Å². The summed E-state index contributed by atoms with van der Waals surface area (Å²) in [5.41, 5.74) is -0.0371. The van der Waals surface area contributed by atoms with Crippen molar-refractivity contribution in [3.63, 3.8) is 0 Å². The van der Waals surface area contributed by atoms with Crippen molar-refractivity contribution in [3.8, 4) is 11.3 Å².